The van der Waals surface area contributed by atoms with Crippen LogP contribution >= 0.6 is 15.9 Å². The molecule has 0 aliphatic heterocycles. The van der Waals surface area contributed by atoms with Crippen LogP contribution in [0, 0.1) is 11.7 Å². The van der Waals surface area contributed by atoms with Crippen LogP contribution in [0.4, 0.5) is 10.1 Å². The van der Waals surface area contributed by atoms with Crippen LogP contribution in [0.1, 0.15) is 19.8 Å². The maximum atomic E-state index is 13.4. The average molecular weight is 303 g/mol. The van der Waals surface area contributed by atoms with Crippen LogP contribution in [0.25, 0.3) is 0 Å². The summed E-state index contributed by atoms with van der Waals surface area (Å²) in [7, 11) is 0. The van der Waals surface area contributed by atoms with Crippen LogP contribution < -0.4 is 11.1 Å². The van der Waals surface area contributed by atoms with E-state index in [0.29, 0.717) is 10.9 Å². The van der Waals surface area contributed by atoms with Gasteiger partial charge in [0.15, 0.2) is 0 Å². The first-order chi connectivity index (χ1) is 8.08. The molecule has 5 heteroatoms. The van der Waals surface area contributed by atoms with Crippen molar-refractivity contribution in [1.82, 2.24) is 0 Å². The van der Waals surface area contributed by atoms with Crippen molar-refractivity contribution in [3.05, 3.63) is 28.5 Å². The number of amides is 1. The van der Waals surface area contributed by atoms with E-state index in [1.165, 1.54) is 12.1 Å². The number of nitrogens with one attached hydrogen (secondary N) is 1. The SMILES string of the molecule is CCCC(CN)C(=O)Nc1cc(Br)ccc1F. The van der Waals surface area contributed by atoms with Crippen LogP contribution in [0.15, 0.2) is 22.7 Å². The fraction of sp³-hybridized carbons (Fsp3) is 0.417. The fourth-order valence-corrected chi connectivity index (χ4v) is 1.89. The molecule has 0 fully saturated rings. The van der Waals surface area contributed by atoms with Crippen molar-refractivity contribution in [2.45, 2.75) is 19.8 Å². The van der Waals surface area contributed by atoms with Gasteiger partial charge >= 0.3 is 0 Å². The third-order valence-electron chi connectivity index (χ3n) is 2.48. The third-order valence-corrected chi connectivity index (χ3v) is 2.97. The van der Waals surface area contributed by atoms with E-state index in [4.69, 9.17) is 5.73 Å². The van der Waals surface area contributed by atoms with Crippen molar-refractivity contribution >= 4 is 27.5 Å². The van der Waals surface area contributed by atoms with Crippen molar-refractivity contribution in [3.63, 3.8) is 0 Å². The second-order valence-electron chi connectivity index (χ2n) is 3.83. The van der Waals surface area contributed by atoms with E-state index in [9.17, 15) is 9.18 Å². The van der Waals surface area contributed by atoms with E-state index in [-0.39, 0.29) is 24.1 Å². The molecule has 1 amide bonds. The Balaban J connectivity index is 2.76. The van der Waals surface area contributed by atoms with E-state index in [1.54, 1.807) is 6.07 Å². The molecule has 3 nitrogen and oxygen atoms in total. The Morgan fingerprint density at radius 3 is 2.88 bits per heavy atom. The summed E-state index contributed by atoms with van der Waals surface area (Å²) in [6.07, 6.45) is 1.58. The summed E-state index contributed by atoms with van der Waals surface area (Å²) < 4.78 is 14.1. The summed E-state index contributed by atoms with van der Waals surface area (Å²) in [6.45, 7) is 2.25. The minimum absolute atomic E-state index is 0.180. The zero-order valence-corrected chi connectivity index (χ0v) is 11.3. The van der Waals surface area contributed by atoms with Gasteiger partial charge in [-0.1, -0.05) is 29.3 Å². The Morgan fingerprint density at radius 2 is 2.29 bits per heavy atom. The smallest absolute Gasteiger partial charge is 0.228 e. The number of anilines is 1. The van der Waals surface area contributed by atoms with Gasteiger partial charge in [0.25, 0.3) is 0 Å². The summed E-state index contributed by atoms with van der Waals surface area (Å²) in [5, 5.41) is 2.56. The molecule has 1 unspecified atom stereocenters. The fourth-order valence-electron chi connectivity index (χ4n) is 1.53. The molecule has 1 rings (SSSR count). The number of hydrogen-bond donors (Lipinski definition) is 2. The first-order valence-corrected chi connectivity index (χ1v) is 6.33. The zero-order chi connectivity index (χ0) is 12.8. The Morgan fingerprint density at radius 1 is 1.59 bits per heavy atom. The first-order valence-electron chi connectivity index (χ1n) is 5.54. The number of benzene rings is 1. The van der Waals surface area contributed by atoms with Crippen molar-refractivity contribution < 1.29 is 9.18 Å². The standard InChI is InChI=1S/C12H16BrFN2O/c1-2-3-8(7-15)12(17)16-11-6-9(13)4-5-10(11)14/h4-6,8H,2-3,7,15H2,1H3,(H,16,17). The Labute approximate surface area is 109 Å². The molecule has 94 valence electrons. The third kappa shape index (κ3) is 4.09. The highest BCUT2D eigenvalue weighted by molar-refractivity contribution is 9.10. The van der Waals surface area contributed by atoms with E-state index < -0.39 is 5.82 Å². The molecule has 0 saturated carbocycles. The van der Waals surface area contributed by atoms with Crippen LogP contribution in [-0.4, -0.2) is 12.5 Å². The highest BCUT2D eigenvalue weighted by atomic mass is 79.9. The number of rotatable bonds is 5. The monoisotopic (exact) mass is 302 g/mol. The van der Waals surface area contributed by atoms with Gasteiger partial charge in [-0.15, -0.1) is 0 Å². The quantitative estimate of drug-likeness (QED) is 0.879. The maximum Gasteiger partial charge on any atom is 0.228 e. The van der Waals surface area contributed by atoms with Crippen LogP contribution in [0.2, 0.25) is 0 Å². The number of carbonyl (C=O) groups is 1. The number of carbonyl (C=O) groups excluding carboxylic acids is 1. The number of hydrogen-bond acceptors (Lipinski definition) is 2. The Bertz CT molecular complexity index is 398. The predicted octanol–water partition coefficient (Wildman–Crippen LogP) is 2.90. The molecule has 0 bridgehead atoms. The Hall–Kier alpha value is -0.940. The lowest BCUT2D eigenvalue weighted by atomic mass is 10.0. The molecule has 0 aliphatic rings. The highest BCUT2D eigenvalue weighted by Gasteiger charge is 2.17. The highest BCUT2D eigenvalue weighted by Crippen LogP contribution is 2.21. The zero-order valence-electron chi connectivity index (χ0n) is 9.67. The lowest BCUT2D eigenvalue weighted by Crippen LogP contribution is -2.29. The second kappa shape index (κ2) is 6.71. The maximum absolute atomic E-state index is 13.4. The van der Waals surface area contributed by atoms with Crippen molar-refractivity contribution in [3.8, 4) is 0 Å². The first kappa shape index (κ1) is 14.1. The summed E-state index contributed by atoms with van der Waals surface area (Å²) >= 11 is 3.23. The summed E-state index contributed by atoms with van der Waals surface area (Å²) in [4.78, 5) is 11.8. The van der Waals surface area contributed by atoms with Gasteiger partial charge in [-0.3, -0.25) is 4.79 Å². The normalized spacial score (nSPS) is 12.2. The van der Waals surface area contributed by atoms with Gasteiger partial charge in [-0.2, -0.15) is 0 Å². The molecule has 1 aromatic carbocycles. The number of halogens is 2. The molecular weight excluding hydrogens is 287 g/mol. The van der Waals surface area contributed by atoms with Gasteiger partial charge in [-0.25, -0.2) is 4.39 Å². The molecule has 0 heterocycles. The molecule has 1 aromatic rings. The molecule has 0 saturated heterocycles. The van der Waals surface area contributed by atoms with E-state index >= 15 is 0 Å². The molecule has 3 N–H and O–H groups in total. The van der Waals surface area contributed by atoms with Crippen LogP contribution in [-0.2, 0) is 4.79 Å². The minimum atomic E-state index is -0.450. The van der Waals surface area contributed by atoms with Gasteiger partial charge in [-0.05, 0) is 24.6 Å². The average Bonchev–Trinajstić information content (AvgIpc) is 2.30. The van der Waals surface area contributed by atoms with E-state index in [0.717, 1.165) is 6.42 Å². The van der Waals surface area contributed by atoms with E-state index in [1.807, 2.05) is 6.92 Å². The topological polar surface area (TPSA) is 55.1 Å². The predicted molar refractivity (Wildman–Crippen MR) is 70.2 cm³/mol. The summed E-state index contributed by atoms with van der Waals surface area (Å²) in [5.74, 6) is -0.946. The summed E-state index contributed by atoms with van der Waals surface area (Å²) in [5.41, 5.74) is 5.70. The Kier molecular flexibility index (Phi) is 5.58. The number of nitrogens with two attached hydrogens (primary N) is 1. The van der Waals surface area contributed by atoms with Gasteiger partial charge < -0.3 is 11.1 Å². The largest absolute Gasteiger partial charge is 0.330 e. The molecule has 0 spiro atoms. The van der Waals surface area contributed by atoms with Crippen molar-refractivity contribution in [2.75, 3.05) is 11.9 Å². The van der Waals surface area contributed by atoms with Crippen LogP contribution in [0.5, 0.6) is 0 Å². The lowest BCUT2D eigenvalue weighted by Gasteiger charge is -2.14. The van der Waals surface area contributed by atoms with Gasteiger partial charge in [0.2, 0.25) is 5.91 Å². The molecule has 0 aliphatic carbocycles. The van der Waals surface area contributed by atoms with E-state index in [2.05, 4.69) is 21.2 Å². The van der Waals surface area contributed by atoms with Gasteiger partial charge in [0, 0.05) is 11.0 Å². The second-order valence-corrected chi connectivity index (χ2v) is 4.75. The lowest BCUT2D eigenvalue weighted by molar-refractivity contribution is -0.119. The van der Waals surface area contributed by atoms with Gasteiger partial charge in [0.05, 0.1) is 11.6 Å². The van der Waals surface area contributed by atoms with Crippen LogP contribution in [0.3, 0.4) is 0 Å². The van der Waals surface area contributed by atoms with Gasteiger partial charge in [0.1, 0.15) is 5.82 Å². The molecule has 0 radical (unpaired) electrons. The minimum Gasteiger partial charge on any atom is -0.330 e. The molecule has 17 heavy (non-hydrogen) atoms. The molecule has 1 atom stereocenters. The molecular formula is C12H16BrFN2O. The van der Waals surface area contributed by atoms with Crippen molar-refractivity contribution in [1.29, 1.82) is 0 Å². The van der Waals surface area contributed by atoms with Crippen molar-refractivity contribution in [2.24, 2.45) is 11.7 Å². The summed E-state index contributed by atoms with van der Waals surface area (Å²) in [6, 6.07) is 4.42. The molecule has 0 aromatic heterocycles.